The van der Waals surface area contributed by atoms with Crippen molar-refractivity contribution in [2.45, 2.75) is 104 Å². The van der Waals surface area contributed by atoms with E-state index < -0.39 is 41.4 Å². The molecular weight excluding hydrogens is 598 g/mol. The van der Waals surface area contributed by atoms with Gasteiger partial charge in [0.05, 0.1) is 22.7 Å². The molecule has 2 aromatic rings. The Kier molecular flexibility index (Phi) is 10.4. The van der Waals surface area contributed by atoms with Gasteiger partial charge in [-0.3, -0.25) is 29.2 Å². The number of hydrogen-bond donors (Lipinski definition) is 3. The maximum atomic E-state index is 14.1. The van der Waals surface area contributed by atoms with Crippen molar-refractivity contribution in [1.82, 2.24) is 26.1 Å². The van der Waals surface area contributed by atoms with Gasteiger partial charge in [0.25, 0.3) is 11.8 Å². The van der Waals surface area contributed by atoms with Crippen LogP contribution in [0.1, 0.15) is 96.9 Å². The molecule has 2 fully saturated rings. The first-order valence-electron chi connectivity index (χ1n) is 16.8. The Bertz CT molecular complexity index is 1560. The number of benzene rings is 1. The number of esters is 1. The molecule has 4 atom stereocenters. The second kappa shape index (κ2) is 14.3. The van der Waals surface area contributed by atoms with E-state index in [2.05, 4.69) is 16.1 Å². The number of carbonyl (C=O) groups excluding carboxylic acids is 5. The lowest BCUT2D eigenvalue weighted by Crippen LogP contribution is -2.61. The molecule has 5 rings (SSSR count). The number of pyridine rings is 1. The average molecular weight is 646 g/mol. The Morgan fingerprint density at radius 2 is 1.70 bits per heavy atom. The largest absolute Gasteiger partial charge is 0.451 e. The third kappa shape index (κ3) is 7.89. The van der Waals surface area contributed by atoms with E-state index in [4.69, 9.17) is 9.72 Å². The van der Waals surface area contributed by atoms with E-state index >= 15 is 0 Å². The molecule has 5 bridgehead atoms. The van der Waals surface area contributed by atoms with Crippen molar-refractivity contribution in [3.05, 3.63) is 47.7 Å². The third-order valence-electron chi connectivity index (χ3n) is 9.71. The molecule has 2 aliphatic heterocycles. The number of rotatable bonds is 3. The monoisotopic (exact) mass is 645 g/mol. The number of nitrogens with zero attached hydrogens (tertiary/aromatic N) is 2. The minimum atomic E-state index is -1.12. The van der Waals surface area contributed by atoms with Gasteiger partial charge in [-0.15, -0.1) is 0 Å². The van der Waals surface area contributed by atoms with Crippen molar-refractivity contribution in [2.75, 3.05) is 6.54 Å². The van der Waals surface area contributed by atoms with Gasteiger partial charge in [-0.1, -0.05) is 44.2 Å². The van der Waals surface area contributed by atoms with E-state index in [1.54, 1.807) is 27.7 Å². The number of carbonyl (C=O) groups is 5. The van der Waals surface area contributed by atoms with Crippen molar-refractivity contribution in [1.29, 1.82) is 0 Å². The number of ether oxygens (including phenoxy) is 1. The van der Waals surface area contributed by atoms with Crippen LogP contribution in [-0.4, -0.2) is 64.2 Å². The van der Waals surface area contributed by atoms with Crippen LogP contribution < -0.4 is 16.1 Å². The smallest absolute Gasteiger partial charge is 0.316 e. The number of cyclic esters (lactones) is 1. The summed E-state index contributed by atoms with van der Waals surface area (Å²) in [6.45, 7) is 9.02. The van der Waals surface area contributed by atoms with Crippen molar-refractivity contribution in [3.8, 4) is 0 Å². The molecule has 0 unspecified atom stereocenters. The van der Waals surface area contributed by atoms with Crippen LogP contribution in [0.15, 0.2) is 36.4 Å². The molecule has 1 aromatic heterocycles. The van der Waals surface area contributed by atoms with Crippen LogP contribution in [0.2, 0.25) is 0 Å². The molecule has 11 heteroatoms. The fraction of sp³-hybridized carbons (Fsp3) is 0.556. The Morgan fingerprint density at radius 3 is 2.40 bits per heavy atom. The molecule has 1 aromatic carbocycles. The van der Waals surface area contributed by atoms with E-state index in [0.29, 0.717) is 57.2 Å². The fourth-order valence-electron chi connectivity index (χ4n) is 6.83. The van der Waals surface area contributed by atoms with Crippen LogP contribution in [0.25, 0.3) is 17.0 Å². The first-order valence-corrected chi connectivity index (χ1v) is 16.8. The average Bonchev–Trinajstić information content (AvgIpc) is 3.05. The van der Waals surface area contributed by atoms with E-state index in [0.717, 1.165) is 16.5 Å². The third-order valence-corrected chi connectivity index (χ3v) is 9.71. The van der Waals surface area contributed by atoms with Crippen LogP contribution in [0.4, 0.5) is 0 Å². The first-order chi connectivity index (χ1) is 22.3. The minimum Gasteiger partial charge on any atom is -0.451 e. The zero-order valence-corrected chi connectivity index (χ0v) is 28.0. The lowest BCUT2D eigenvalue weighted by molar-refractivity contribution is -0.168. The number of amides is 3. The summed E-state index contributed by atoms with van der Waals surface area (Å²) >= 11 is 0. The number of ketones is 1. The summed E-state index contributed by atoms with van der Waals surface area (Å²) in [5.41, 5.74) is 4.34. The Labute approximate surface area is 276 Å². The van der Waals surface area contributed by atoms with Gasteiger partial charge in [-0.2, -0.15) is 0 Å². The summed E-state index contributed by atoms with van der Waals surface area (Å²) in [7, 11) is 0. The maximum absolute atomic E-state index is 14.1. The molecule has 3 N–H and O–H groups in total. The number of Topliss-reactive ketones (excluding diaryl/α,β-unsaturated/α-hetero) is 1. The van der Waals surface area contributed by atoms with Crippen molar-refractivity contribution < 1.29 is 28.7 Å². The molecule has 47 heavy (non-hydrogen) atoms. The van der Waals surface area contributed by atoms with Gasteiger partial charge in [0, 0.05) is 18.4 Å². The number of fused-ring (bicyclic) bond motifs is 4. The second-order valence-electron chi connectivity index (χ2n) is 13.9. The van der Waals surface area contributed by atoms with Crippen molar-refractivity contribution in [3.63, 3.8) is 0 Å². The van der Waals surface area contributed by atoms with Crippen molar-refractivity contribution in [2.24, 2.45) is 17.3 Å². The highest BCUT2D eigenvalue weighted by atomic mass is 16.5. The Morgan fingerprint density at radius 1 is 1.00 bits per heavy atom. The van der Waals surface area contributed by atoms with Crippen LogP contribution in [0.5, 0.6) is 0 Å². The summed E-state index contributed by atoms with van der Waals surface area (Å²) in [6.07, 6.45) is 6.62. The summed E-state index contributed by atoms with van der Waals surface area (Å²) in [6, 6.07) is 7.80. The lowest BCUT2D eigenvalue weighted by atomic mass is 9.69. The summed E-state index contributed by atoms with van der Waals surface area (Å²) in [4.78, 5) is 71.1. The number of aromatic nitrogens is 1. The molecule has 3 aliphatic rings. The van der Waals surface area contributed by atoms with Crippen LogP contribution in [0.3, 0.4) is 0 Å². The van der Waals surface area contributed by atoms with E-state index in [1.165, 1.54) is 5.01 Å². The van der Waals surface area contributed by atoms with E-state index in [9.17, 15) is 24.0 Å². The predicted molar refractivity (Wildman–Crippen MR) is 177 cm³/mol. The molecule has 3 amide bonds. The van der Waals surface area contributed by atoms with Gasteiger partial charge in [-0.05, 0) is 88.8 Å². The SMILES string of the molecule is CC(=O)CC1CCC2(C=Cc3ccc4ccc(nc4c3)[C@@H](C)NC(=O)[C@@H]3CCCN(N3)C(=O)[C@H](C)NC(=O)[C@H](C(C)C)OC2=O)CC1. The summed E-state index contributed by atoms with van der Waals surface area (Å²) < 4.78 is 6.03. The Balaban J connectivity index is 1.52. The molecule has 1 saturated carbocycles. The van der Waals surface area contributed by atoms with Crippen LogP contribution in [-0.2, 0) is 28.7 Å². The van der Waals surface area contributed by atoms with Gasteiger partial charge >= 0.3 is 5.97 Å². The second-order valence-corrected chi connectivity index (χ2v) is 13.9. The topological polar surface area (TPSA) is 147 Å². The molecule has 1 spiro atoms. The van der Waals surface area contributed by atoms with Crippen LogP contribution >= 0.6 is 0 Å². The molecule has 0 radical (unpaired) electrons. The molecule has 3 heterocycles. The molecule has 252 valence electrons. The molecule has 1 aliphatic carbocycles. The summed E-state index contributed by atoms with van der Waals surface area (Å²) in [5, 5.41) is 8.11. The van der Waals surface area contributed by atoms with Gasteiger partial charge < -0.3 is 20.2 Å². The zero-order chi connectivity index (χ0) is 33.9. The normalized spacial score (nSPS) is 29.5. The van der Waals surface area contributed by atoms with Gasteiger partial charge in [0.1, 0.15) is 17.9 Å². The lowest BCUT2D eigenvalue weighted by Gasteiger charge is -2.37. The Hall–Kier alpha value is -4.12. The number of hydrazine groups is 1. The standard InChI is InChI=1S/C36H47N5O6/c1-21(2)31-33(44)38-24(5)34(45)41-18-6-7-29(40-41)32(43)37-23(4)28-11-10-27-9-8-25(20-30(27)39-28)12-15-36(35(46)47-31)16-13-26(14-17-36)19-22(3)42/h8-12,15,20-21,23-24,26,29,31,40H,6-7,13-14,16-19H2,1-5H3,(H,37,43)(H,38,44)/t23-,24+,26?,29+,31+,36?/m1/s1. The van der Waals surface area contributed by atoms with Gasteiger partial charge in [0.15, 0.2) is 6.10 Å². The maximum Gasteiger partial charge on any atom is 0.316 e. The number of hydrogen-bond acceptors (Lipinski definition) is 8. The van der Waals surface area contributed by atoms with E-state index in [-0.39, 0.29) is 29.6 Å². The highest BCUT2D eigenvalue weighted by molar-refractivity contribution is 5.92. The zero-order valence-electron chi connectivity index (χ0n) is 28.0. The minimum absolute atomic E-state index is 0.128. The predicted octanol–water partition coefficient (Wildman–Crippen LogP) is 4.16. The first kappa shape index (κ1) is 34.2. The highest BCUT2D eigenvalue weighted by Crippen LogP contribution is 2.43. The van der Waals surface area contributed by atoms with E-state index in [1.807, 2.05) is 49.4 Å². The quantitative estimate of drug-likeness (QED) is 0.422. The van der Waals surface area contributed by atoms with Gasteiger partial charge in [-0.25, -0.2) is 5.43 Å². The summed E-state index contributed by atoms with van der Waals surface area (Å²) in [5.74, 6) is -1.72. The number of nitrogens with one attached hydrogen (secondary N) is 3. The highest BCUT2D eigenvalue weighted by Gasteiger charge is 2.44. The molecule has 11 nitrogen and oxygen atoms in total. The van der Waals surface area contributed by atoms with Crippen molar-refractivity contribution >= 4 is 46.5 Å². The fourth-order valence-corrected chi connectivity index (χ4v) is 6.83. The van der Waals surface area contributed by atoms with Crippen LogP contribution in [0, 0.1) is 17.3 Å². The van der Waals surface area contributed by atoms with Gasteiger partial charge in [0.2, 0.25) is 5.91 Å². The molecular formula is C36H47N5O6. The molecule has 1 saturated heterocycles.